The first-order chi connectivity index (χ1) is 17.5. The lowest BCUT2D eigenvalue weighted by Crippen LogP contribution is -2.66. The van der Waals surface area contributed by atoms with E-state index in [-0.39, 0.29) is 0 Å². The van der Waals surface area contributed by atoms with Crippen molar-refractivity contribution in [2.24, 2.45) is 5.41 Å². The molecule has 0 radical (unpaired) electrons. The number of thiazole rings is 1. The molecule has 36 heavy (non-hydrogen) atoms. The second-order valence-electron chi connectivity index (χ2n) is 9.17. The summed E-state index contributed by atoms with van der Waals surface area (Å²) in [5.41, 5.74) is 3.54. The molecule has 7 rings (SSSR count). The van der Waals surface area contributed by atoms with Gasteiger partial charge < -0.3 is 23.8 Å². The molecule has 186 valence electrons. The fraction of sp³-hybridized carbons (Fsp3) is 0.391. The molecular formula is C23H23N7O4S2. The summed E-state index contributed by atoms with van der Waals surface area (Å²) in [6, 6.07) is 3.83. The highest BCUT2D eigenvalue weighted by Crippen LogP contribution is 2.42. The zero-order valence-corrected chi connectivity index (χ0v) is 21.6. The number of ether oxygens (including phenoxy) is 4. The number of fused-ring (bicyclic) bond motifs is 2. The normalized spacial score (nSPS) is 16.5. The lowest BCUT2D eigenvalue weighted by Gasteiger charge is -2.54. The van der Waals surface area contributed by atoms with Gasteiger partial charge in [0.15, 0.2) is 5.13 Å². The van der Waals surface area contributed by atoms with Crippen LogP contribution in [0.25, 0.3) is 21.9 Å². The Bertz CT molecular complexity index is 1560. The van der Waals surface area contributed by atoms with Crippen molar-refractivity contribution in [3.05, 3.63) is 35.1 Å². The molecule has 0 aromatic carbocycles. The third kappa shape index (κ3) is 3.49. The van der Waals surface area contributed by atoms with E-state index in [1.807, 2.05) is 24.5 Å². The van der Waals surface area contributed by atoms with Crippen LogP contribution in [-0.2, 0) is 11.3 Å². The quantitative estimate of drug-likeness (QED) is 0.317. The van der Waals surface area contributed by atoms with E-state index < -0.39 is 0 Å². The van der Waals surface area contributed by atoms with Crippen molar-refractivity contribution in [3.63, 3.8) is 0 Å². The predicted octanol–water partition coefficient (Wildman–Crippen LogP) is 3.30. The number of anilines is 1. The number of hydrogen-bond acceptors (Lipinski definition) is 11. The lowest BCUT2D eigenvalue weighted by molar-refractivity contribution is -0.127. The number of aryl methyl sites for hydroxylation is 1. The van der Waals surface area contributed by atoms with Crippen LogP contribution in [0.5, 0.6) is 16.7 Å². The van der Waals surface area contributed by atoms with E-state index >= 15 is 0 Å². The van der Waals surface area contributed by atoms with Crippen molar-refractivity contribution >= 4 is 38.3 Å². The molecule has 0 saturated carbocycles. The van der Waals surface area contributed by atoms with Crippen molar-refractivity contribution in [3.8, 4) is 28.1 Å². The fourth-order valence-electron chi connectivity index (χ4n) is 4.58. The number of rotatable bonds is 7. The molecule has 13 heteroatoms. The molecule has 0 atom stereocenters. The Labute approximate surface area is 213 Å². The van der Waals surface area contributed by atoms with Gasteiger partial charge in [-0.2, -0.15) is 5.10 Å². The van der Waals surface area contributed by atoms with Crippen LogP contribution in [0.2, 0.25) is 0 Å². The average molecular weight is 526 g/mol. The first-order valence-corrected chi connectivity index (χ1v) is 13.1. The third-order valence-electron chi connectivity index (χ3n) is 6.59. The van der Waals surface area contributed by atoms with Crippen molar-refractivity contribution in [1.82, 2.24) is 29.2 Å². The van der Waals surface area contributed by atoms with Crippen molar-refractivity contribution in [2.75, 3.05) is 45.4 Å². The molecule has 2 fully saturated rings. The summed E-state index contributed by atoms with van der Waals surface area (Å²) in [5.74, 6) is 1.31. The van der Waals surface area contributed by atoms with Crippen molar-refractivity contribution in [1.29, 1.82) is 0 Å². The Morgan fingerprint density at radius 2 is 1.86 bits per heavy atom. The molecule has 5 aromatic heterocycles. The summed E-state index contributed by atoms with van der Waals surface area (Å²) in [6.07, 6.45) is 3.66. The zero-order valence-electron chi connectivity index (χ0n) is 19.9. The maximum atomic E-state index is 6.28. The van der Waals surface area contributed by atoms with Gasteiger partial charge in [0.1, 0.15) is 35.0 Å². The summed E-state index contributed by atoms with van der Waals surface area (Å²) in [6.45, 7) is 6.22. The summed E-state index contributed by atoms with van der Waals surface area (Å²) >= 11 is 3.09. The Balaban J connectivity index is 1.15. The van der Waals surface area contributed by atoms with E-state index in [1.165, 1.54) is 11.3 Å². The van der Waals surface area contributed by atoms with Crippen molar-refractivity contribution in [2.45, 2.75) is 13.5 Å². The summed E-state index contributed by atoms with van der Waals surface area (Å²) in [5, 5.41) is 10.7. The number of aromatic nitrogens is 6. The van der Waals surface area contributed by atoms with Gasteiger partial charge in [-0.1, -0.05) is 0 Å². The number of pyridine rings is 1. The molecular weight excluding hydrogens is 502 g/mol. The van der Waals surface area contributed by atoms with Gasteiger partial charge in [0.05, 0.1) is 50.9 Å². The monoisotopic (exact) mass is 525 g/mol. The molecule has 0 N–H and O–H groups in total. The Kier molecular flexibility index (Phi) is 4.88. The summed E-state index contributed by atoms with van der Waals surface area (Å²) in [7, 11) is 3.22. The standard InChI is InChI=1S/C23H23N7O4S2/c1-13-17(25-20(35-13)28-9-23(10-28)11-33-12-23)8-34-19-4-14(31-2)6-29-18(19)5-15(26-29)16-7-30-21(24-16)36-22(27-30)32-3/h4-7H,8-12H2,1-3H3. The van der Waals surface area contributed by atoms with E-state index in [0.717, 1.165) is 52.5 Å². The van der Waals surface area contributed by atoms with Gasteiger partial charge >= 0.3 is 0 Å². The highest BCUT2D eigenvalue weighted by molar-refractivity contribution is 7.18. The molecule has 0 unspecified atom stereocenters. The third-order valence-corrected chi connectivity index (χ3v) is 8.55. The number of imidazole rings is 1. The molecule has 2 aliphatic heterocycles. The van der Waals surface area contributed by atoms with E-state index in [1.54, 1.807) is 34.6 Å². The molecule has 0 aliphatic carbocycles. The van der Waals surface area contributed by atoms with Crippen LogP contribution in [0.15, 0.2) is 24.5 Å². The Morgan fingerprint density at radius 1 is 1.00 bits per heavy atom. The molecule has 1 spiro atoms. The number of methoxy groups -OCH3 is 2. The second kappa shape index (κ2) is 8.05. The van der Waals surface area contributed by atoms with Crippen LogP contribution in [0.4, 0.5) is 5.13 Å². The van der Waals surface area contributed by atoms with Crippen LogP contribution in [-0.4, -0.2) is 69.7 Å². The summed E-state index contributed by atoms with van der Waals surface area (Å²) < 4.78 is 25.8. The molecule has 11 nitrogen and oxygen atoms in total. The number of nitrogens with zero attached hydrogens (tertiary/aromatic N) is 7. The Hall–Kier alpha value is -3.42. The topological polar surface area (TPSA) is 101 Å². The van der Waals surface area contributed by atoms with Gasteiger partial charge in [-0.25, -0.2) is 19.0 Å². The molecule has 2 saturated heterocycles. The van der Waals surface area contributed by atoms with Crippen LogP contribution >= 0.6 is 22.7 Å². The van der Waals surface area contributed by atoms with Gasteiger partial charge in [-0.3, -0.25) is 0 Å². The minimum atomic E-state index is 0.356. The SMILES string of the molecule is COc1cc(OCc2nc(N3CC4(COC4)C3)sc2C)c2cc(-c3cn4nc(OC)sc4n3)nn2c1. The van der Waals surface area contributed by atoms with Gasteiger partial charge in [0, 0.05) is 24.0 Å². The van der Waals surface area contributed by atoms with Crippen LogP contribution in [0.3, 0.4) is 0 Å². The van der Waals surface area contributed by atoms with E-state index in [4.69, 9.17) is 29.0 Å². The van der Waals surface area contributed by atoms with Crippen LogP contribution in [0, 0.1) is 12.3 Å². The van der Waals surface area contributed by atoms with E-state index in [0.29, 0.717) is 40.1 Å². The average Bonchev–Trinajstić information content (AvgIpc) is 3.57. The molecule has 2 aliphatic rings. The maximum Gasteiger partial charge on any atom is 0.294 e. The van der Waals surface area contributed by atoms with Crippen LogP contribution < -0.4 is 19.1 Å². The fourth-order valence-corrected chi connectivity index (χ4v) is 6.19. The first kappa shape index (κ1) is 21.8. The van der Waals surface area contributed by atoms with Crippen molar-refractivity contribution < 1.29 is 18.9 Å². The minimum absolute atomic E-state index is 0.356. The zero-order chi connectivity index (χ0) is 24.4. The first-order valence-electron chi connectivity index (χ1n) is 11.4. The van der Waals surface area contributed by atoms with Gasteiger partial charge in [-0.15, -0.1) is 16.4 Å². The van der Waals surface area contributed by atoms with Gasteiger partial charge in [-0.05, 0) is 24.3 Å². The highest BCUT2D eigenvalue weighted by atomic mass is 32.1. The van der Waals surface area contributed by atoms with Gasteiger partial charge in [0.25, 0.3) is 5.19 Å². The largest absolute Gasteiger partial charge is 0.495 e. The van der Waals surface area contributed by atoms with E-state index in [2.05, 4.69) is 21.9 Å². The van der Waals surface area contributed by atoms with Gasteiger partial charge in [0.2, 0.25) is 4.96 Å². The minimum Gasteiger partial charge on any atom is -0.495 e. The molecule has 0 amide bonds. The second-order valence-corrected chi connectivity index (χ2v) is 11.3. The van der Waals surface area contributed by atoms with E-state index in [9.17, 15) is 0 Å². The predicted molar refractivity (Wildman–Crippen MR) is 135 cm³/mol. The Morgan fingerprint density at radius 3 is 2.58 bits per heavy atom. The molecule has 5 aromatic rings. The molecule has 7 heterocycles. The highest BCUT2D eigenvalue weighted by Gasteiger charge is 2.49. The smallest absolute Gasteiger partial charge is 0.294 e. The summed E-state index contributed by atoms with van der Waals surface area (Å²) in [4.78, 5) is 13.7. The lowest BCUT2D eigenvalue weighted by atomic mass is 9.78. The number of hydrogen-bond donors (Lipinski definition) is 0. The molecule has 0 bridgehead atoms. The van der Waals surface area contributed by atoms with Crippen LogP contribution in [0.1, 0.15) is 10.6 Å². The maximum absolute atomic E-state index is 6.28.